The first-order valence-electron chi connectivity index (χ1n) is 4.98. The Hall–Kier alpha value is -1.75. The molecule has 0 amide bonds. The van der Waals surface area contributed by atoms with Gasteiger partial charge >= 0.3 is 0 Å². The summed E-state index contributed by atoms with van der Waals surface area (Å²) in [5.41, 5.74) is 9.17. The van der Waals surface area contributed by atoms with Gasteiger partial charge in [-0.15, -0.1) is 0 Å². The van der Waals surface area contributed by atoms with Gasteiger partial charge in [0.2, 0.25) is 0 Å². The van der Waals surface area contributed by atoms with Crippen LogP contribution in [0.3, 0.4) is 0 Å². The van der Waals surface area contributed by atoms with Gasteiger partial charge in [0.05, 0.1) is 11.2 Å². The monoisotopic (exact) mass is 240 g/mol. The number of rotatable bonds is 1. The molecule has 4 N–H and O–H groups in total. The molecule has 17 heavy (non-hydrogen) atoms. The highest BCUT2D eigenvalue weighted by atomic mass is 19.1. The zero-order valence-corrected chi connectivity index (χ0v) is 8.83. The number of hydrogen-bond donors (Lipinski definition) is 2. The third kappa shape index (κ3) is 1.93. The standard InChI is InChI=1S/C12H11F3N2/c13-8-3-1-2-7(4-8)12(17)6-9(14)10(16)5-11(12)15/h1-6,11H,16-17H2. The molecule has 2 rings (SSSR count). The van der Waals surface area contributed by atoms with Crippen LogP contribution in [0.4, 0.5) is 13.2 Å². The van der Waals surface area contributed by atoms with Gasteiger partial charge in [0.25, 0.3) is 0 Å². The molecule has 0 heterocycles. The summed E-state index contributed by atoms with van der Waals surface area (Å²) in [7, 11) is 0. The molecular weight excluding hydrogens is 229 g/mol. The minimum Gasteiger partial charge on any atom is -0.397 e. The van der Waals surface area contributed by atoms with E-state index in [4.69, 9.17) is 11.5 Å². The van der Waals surface area contributed by atoms with Crippen LogP contribution in [0.15, 0.2) is 47.9 Å². The Balaban J connectivity index is 2.51. The Morgan fingerprint density at radius 3 is 2.59 bits per heavy atom. The Labute approximate surface area is 96.4 Å². The Morgan fingerprint density at radius 1 is 1.24 bits per heavy atom. The lowest BCUT2D eigenvalue weighted by molar-refractivity contribution is 0.272. The second kappa shape index (κ2) is 3.92. The molecule has 2 nitrogen and oxygen atoms in total. The summed E-state index contributed by atoms with van der Waals surface area (Å²) in [6.07, 6.45) is 0.0611. The molecule has 90 valence electrons. The first-order valence-corrected chi connectivity index (χ1v) is 4.98. The molecule has 2 unspecified atom stereocenters. The van der Waals surface area contributed by atoms with Gasteiger partial charge in [-0.3, -0.25) is 0 Å². The lowest BCUT2D eigenvalue weighted by Crippen LogP contribution is -2.45. The van der Waals surface area contributed by atoms with Crippen molar-refractivity contribution in [1.29, 1.82) is 0 Å². The first kappa shape index (κ1) is 11.7. The van der Waals surface area contributed by atoms with Crippen LogP contribution in [0.1, 0.15) is 5.56 Å². The van der Waals surface area contributed by atoms with E-state index in [1.165, 1.54) is 18.2 Å². The summed E-state index contributed by atoms with van der Waals surface area (Å²) in [4.78, 5) is 0. The van der Waals surface area contributed by atoms with Gasteiger partial charge in [-0.25, -0.2) is 13.2 Å². The Kier molecular flexibility index (Phi) is 2.71. The van der Waals surface area contributed by atoms with Gasteiger partial charge in [0.1, 0.15) is 17.8 Å². The molecule has 0 spiro atoms. The van der Waals surface area contributed by atoms with Crippen molar-refractivity contribution >= 4 is 0 Å². The molecule has 0 aliphatic heterocycles. The van der Waals surface area contributed by atoms with E-state index < -0.39 is 23.4 Å². The predicted octanol–water partition coefficient (Wildman–Crippen LogP) is 2.03. The molecule has 0 aromatic heterocycles. The van der Waals surface area contributed by atoms with E-state index in [0.717, 1.165) is 18.2 Å². The van der Waals surface area contributed by atoms with E-state index in [0.29, 0.717) is 0 Å². The average Bonchev–Trinajstić information content (AvgIpc) is 2.26. The minimum absolute atomic E-state index is 0.156. The maximum Gasteiger partial charge on any atom is 0.146 e. The van der Waals surface area contributed by atoms with E-state index in [-0.39, 0.29) is 11.3 Å². The third-order valence-corrected chi connectivity index (χ3v) is 2.75. The topological polar surface area (TPSA) is 52.0 Å². The van der Waals surface area contributed by atoms with E-state index in [1.807, 2.05) is 0 Å². The van der Waals surface area contributed by atoms with Crippen molar-refractivity contribution < 1.29 is 13.2 Å². The van der Waals surface area contributed by atoms with Crippen LogP contribution in [0.2, 0.25) is 0 Å². The van der Waals surface area contributed by atoms with Crippen LogP contribution in [0, 0.1) is 5.82 Å². The van der Waals surface area contributed by atoms with Crippen molar-refractivity contribution in [3.63, 3.8) is 0 Å². The number of halogens is 3. The van der Waals surface area contributed by atoms with Gasteiger partial charge in [0, 0.05) is 0 Å². The van der Waals surface area contributed by atoms with Crippen LogP contribution < -0.4 is 11.5 Å². The number of nitrogens with two attached hydrogens (primary N) is 2. The van der Waals surface area contributed by atoms with Crippen LogP contribution in [-0.2, 0) is 5.54 Å². The van der Waals surface area contributed by atoms with Crippen LogP contribution >= 0.6 is 0 Å². The zero-order chi connectivity index (χ0) is 12.6. The highest BCUT2D eigenvalue weighted by Crippen LogP contribution is 2.34. The lowest BCUT2D eigenvalue weighted by atomic mass is 9.82. The molecular formula is C12H11F3N2. The fourth-order valence-corrected chi connectivity index (χ4v) is 1.75. The van der Waals surface area contributed by atoms with E-state index >= 15 is 0 Å². The molecule has 0 saturated carbocycles. The second-order valence-corrected chi connectivity index (χ2v) is 3.96. The van der Waals surface area contributed by atoms with Gasteiger partial charge in [-0.1, -0.05) is 12.1 Å². The summed E-state index contributed by atoms with van der Waals surface area (Å²) in [6, 6.07) is 5.10. The molecule has 5 heteroatoms. The zero-order valence-electron chi connectivity index (χ0n) is 8.83. The summed E-state index contributed by atoms with van der Waals surface area (Å²) < 4.78 is 40.3. The highest BCUT2D eigenvalue weighted by Gasteiger charge is 2.38. The molecule has 0 fully saturated rings. The molecule has 0 radical (unpaired) electrons. The average molecular weight is 240 g/mol. The van der Waals surface area contributed by atoms with Crippen molar-refractivity contribution in [3.05, 3.63) is 59.3 Å². The summed E-state index contributed by atoms with van der Waals surface area (Å²) in [6.45, 7) is 0. The fraction of sp³-hybridized carbons (Fsp3) is 0.167. The third-order valence-electron chi connectivity index (χ3n) is 2.75. The van der Waals surface area contributed by atoms with Gasteiger partial charge in [-0.2, -0.15) is 0 Å². The number of benzene rings is 1. The van der Waals surface area contributed by atoms with E-state index in [2.05, 4.69) is 0 Å². The molecule has 0 saturated heterocycles. The quantitative estimate of drug-likeness (QED) is 0.789. The molecule has 0 bridgehead atoms. The summed E-state index contributed by atoms with van der Waals surface area (Å²) in [5, 5.41) is 0. The first-order chi connectivity index (χ1) is 7.93. The Morgan fingerprint density at radius 2 is 1.94 bits per heavy atom. The maximum absolute atomic E-state index is 13.9. The minimum atomic E-state index is -1.73. The van der Waals surface area contributed by atoms with Crippen molar-refractivity contribution in [2.75, 3.05) is 0 Å². The number of allylic oxidation sites excluding steroid dienone is 1. The molecule has 1 aliphatic carbocycles. The predicted molar refractivity (Wildman–Crippen MR) is 58.6 cm³/mol. The van der Waals surface area contributed by atoms with E-state index in [1.54, 1.807) is 0 Å². The lowest BCUT2D eigenvalue weighted by Gasteiger charge is -2.31. The number of hydrogen-bond acceptors (Lipinski definition) is 2. The van der Waals surface area contributed by atoms with Crippen molar-refractivity contribution in [2.45, 2.75) is 11.7 Å². The van der Waals surface area contributed by atoms with E-state index in [9.17, 15) is 13.2 Å². The van der Waals surface area contributed by atoms with Crippen molar-refractivity contribution in [1.82, 2.24) is 0 Å². The fourth-order valence-electron chi connectivity index (χ4n) is 1.75. The maximum atomic E-state index is 13.9. The van der Waals surface area contributed by atoms with Crippen LogP contribution in [-0.4, -0.2) is 6.17 Å². The Bertz CT molecular complexity index is 510. The molecule has 2 atom stereocenters. The SMILES string of the molecule is NC1=CC(F)C(N)(c2cccc(F)c2)C=C1F. The molecule has 1 aliphatic rings. The van der Waals surface area contributed by atoms with Crippen LogP contribution in [0.25, 0.3) is 0 Å². The summed E-state index contributed by atoms with van der Waals surface area (Å²) >= 11 is 0. The number of alkyl halides is 1. The summed E-state index contributed by atoms with van der Waals surface area (Å²) in [5.74, 6) is -1.36. The molecule has 1 aromatic rings. The van der Waals surface area contributed by atoms with Gasteiger partial charge in [0.15, 0.2) is 0 Å². The highest BCUT2D eigenvalue weighted by molar-refractivity contribution is 5.42. The smallest absolute Gasteiger partial charge is 0.146 e. The van der Waals surface area contributed by atoms with Crippen molar-refractivity contribution in [2.24, 2.45) is 11.5 Å². The molecule has 1 aromatic carbocycles. The van der Waals surface area contributed by atoms with Crippen molar-refractivity contribution in [3.8, 4) is 0 Å². The van der Waals surface area contributed by atoms with Gasteiger partial charge in [-0.05, 0) is 29.8 Å². The van der Waals surface area contributed by atoms with Crippen LogP contribution in [0.5, 0.6) is 0 Å². The largest absolute Gasteiger partial charge is 0.397 e. The normalized spacial score (nSPS) is 28.6. The van der Waals surface area contributed by atoms with Gasteiger partial charge < -0.3 is 11.5 Å². The second-order valence-electron chi connectivity index (χ2n) is 3.96.